The van der Waals surface area contributed by atoms with Gasteiger partial charge in [0.05, 0.1) is 23.8 Å². The third-order valence-electron chi connectivity index (χ3n) is 3.23. The van der Waals surface area contributed by atoms with Gasteiger partial charge in [-0.1, -0.05) is 11.8 Å². The highest BCUT2D eigenvalue weighted by Gasteiger charge is 2.36. The summed E-state index contributed by atoms with van der Waals surface area (Å²) in [6.07, 6.45) is 1.58. The molecule has 0 saturated carbocycles. The molecule has 0 spiro atoms. The summed E-state index contributed by atoms with van der Waals surface area (Å²) in [7, 11) is 0. The first-order chi connectivity index (χ1) is 9.60. The fraction of sp³-hybridized carbons (Fsp3) is 0.571. The topological polar surface area (TPSA) is 55.8 Å². The number of ether oxygens (including phenoxy) is 2. The molecular formula is C14H19NO4S. The lowest BCUT2D eigenvalue weighted by molar-refractivity contribution is -0.139. The molecular weight excluding hydrogens is 278 g/mol. The third kappa shape index (κ3) is 2.70. The molecule has 0 N–H and O–H groups in total. The van der Waals surface area contributed by atoms with Crippen LogP contribution in [0.4, 0.5) is 0 Å². The molecule has 0 aliphatic carbocycles. The van der Waals surface area contributed by atoms with E-state index in [2.05, 4.69) is 0 Å². The molecule has 2 aliphatic heterocycles. The van der Waals surface area contributed by atoms with Crippen LogP contribution in [0.25, 0.3) is 0 Å². The molecule has 6 heteroatoms. The molecule has 0 aromatic heterocycles. The predicted octanol–water partition coefficient (Wildman–Crippen LogP) is 2.40. The Morgan fingerprint density at radius 3 is 2.50 bits per heavy atom. The van der Waals surface area contributed by atoms with E-state index in [-0.39, 0.29) is 11.9 Å². The maximum Gasteiger partial charge on any atom is 0.346 e. The van der Waals surface area contributed by atoms with Gasteiger partial charge in [-0.3, -0.25) is 0 Å². The van der Waals surface area contributed by atoms with Crippen LogP contribution in [-0.4, -0.2) is 36.6 Å². The van der Waals surface area contributed by atoms with E-state index in [0.29, 0.717) is 30.1 Å². The lowest BCUT2D eigenvalue weighted by Gasteiger charge is -2.27. The number of hydrogen-bond acceptors (Lipinski definition) is 6. The van der Waals surface area contributed by atoms with Crippen LogP contribution in [0.3, 0.4) is 0 Å². The van der Waals surface area contributed by atoms with Crippen LogP contribution >= 0.6 is 11.8 Å². The van der Waals surface area contributed by atoms with Gasteiger partial charge in [-0.25, -0.2) is 9.59 Å². The second kappa shape index (κ2) is 6.35. The molecule has 20 heavy (non-hydrogen) atoms. The van der Waals surface area contributed by atoms with Gasteiger partial charge in [0, 0.05) is 12.2 Å². The molecule has 0 bridgehead atoms. The lowest BCUT2D eigenvalue weighted by Crippen LogP contribution is -2.26. The maximum atomic E-state index is 12.0. The quantitative estimate of drug-likeness (QED) is 0.743. The third-order valence-corrected chi connectivity index (χ3v) is 4.55. The highest BCUT2D eigenvalue weighted by Crippen LogP contribution is 2.46. The first-order valence-corrected chi connectivity index (χ1v) is 7.65. The monoisotopic (exact) mass is 297 g/mol. The van der Waals surface area contributed by atoms with Crippen molar-refractivity contribution < 1.29 is 19.1 Å². The highest BCUT2D eigenvalue weighted by atomic mass is 32.2. The van der Waals surface area contributed by atoms with Crippen molar-refractivity contribution >= 4 is 23.7 Å². The molecule has 0 saturated heterocycles. The second-order valence-electron chi connectivity index (χ2n) is 4.50. The van der Waals surface area contributed by atoms with E-state index in [4.69, 9.17) is 9.47 Å². The summed E-state index contributed by atoms with van der Waals surface area (Å²) in [6, 6.07) is 0. The van der Waals surface area contributed by atoms with Crippen molar-refractivity contribution in [3.05, 3.63) is 21.2 Å². The summed E-state index contributed by atoms with van der Waals surface area (Å²) in [4.78, 5) is 26.5. The van der Waals surface area contributed by atoms with Crippen LogP contribution in [0.1, 0.15) is 33.6 Å². The van der Waals surface area contributed by atoms with Crippen molar-refractivity contribution in [1.29, 1.82) is 0 Å². The molecule has 2 heterocycles. The number of hydrogen-bond donors (Lipinski definition) is 0. The average molecular weight is 297 g/mol. The van der Waals surface area contributed by atoms with Gasteiger partial charge >= 0.3 is 11.9 Å². The van der Waals surface area contributed by atoms with Gasteiger partial charge in [-0.05, 0) is 33.6 Å². The SMILES string of the molecule is CCOC(=O)C1=C2SC(C(=O)OCC)=C(C)N2CCC1. The predicted molar refractivity (Wildman–Crippen MR) is 76.5 cm³/mol. The maximum absolute atomic E-state index is 12.0. The summed E-state index contributed by atoms with van der Waals surface area (Å²) in [6.45, 7) is 6.99. The number of thioether (sulfide) groups is 1. The molecule has 5 nitrogen and oxygen atoms in total. The van der Waals surface area contributed by atoms with Gasteiger partial charge in [-0.15, -0.1) is 0 Å². The molecule has 0 unspecified atom stereocenters. The summed E-state index contributed by atoms with van der Waals surface area (Å²) >= 11 is 1.32. The Bertz CT molecular complexity index is 495. The summed E-state index contributed by atoms with van der Waals surface area (Å²) in [5.74, 6) is -0.599. The lowest BCUT2D eigenvalue weighted by atomic mass is 10.1. The molecule has 2 rings (SSSR count). The van der Waals surface area contributed by atoms with Crippen molar-refractivity contribution in [2.75, 3.05) is 19.8 Å². The fourth-order valence-electron chi connectivity index (χ4n) is 2.31. The standard InChI is InChI=1S/C14H19NO4S/c1-4-18-13(16)10-7-6-8-15-9(3)11(20-12(10)15)14(17)19-5-2/h4-8H2,1-3H3. The van der Waals surface area contributed by atoms with Crippen molar-refractivity contribution in [3.8, 4) is 0 Å². The smallest absolute Gasteiger partial charge is 0.346 e. The zero-order valence-corrected chi connectivity index (χ0v) is 12.8. The number of esters is 2. The number of fused-ring (bicyclic) bond motifs is 1. The van der Waals surface area contributed by atoms with Gasteiger partial charge in [0.2, 0.25) is 0 Å². The van der Waals surface area contributed by atoms with Gasteiger partial charge in [-0.2, -0.15) is 0 Å². The number of allylic oxidation sites excluding steroid dienone is 1. The van der Waals surface area contributed by atoms with Crippen LogP contribution in [0.15, 0.2) is 21.2 Å². The van der Waals surface area contributed by atoms with Crippen molar-refractivity contribution in [3.63, 3.8) is 0 Å². The summed E-state index contributed by atoms with van der Waals surface area (Å²) < 4.78 is 10.2. The molecule has 110 valence electrons. The van der Waals surface area contributed by atoms with Crippen LogP contribution in [0, 0.1) is 0 Å². The first-order valence-electron chi connectivity index (χ1n) is 6.83. The van der Waals surface area contributed by atoms with Gasteiger partial charge in [0.15, 0.2) is 0 Å². The van der Waals surface area contributed by atoms with E-state index in [1.54, 1.807) is 13.8 Å². The minimum absolute atomic E-state index is 0.280. The fourth-order valence-corrected chi connectivity index (χ4v) is 3.55. The zero-order valence-electron chi connectivity index (χ0n) is 12.0. The second-order valence-corrected chi connectivity index (χ2v) is 5.50. The Morgan fingerprint density at radius 2 is 1.85 bits per heavy atom. The summed E-state index contributed by atoms with van der Waals surface area (Å²) in [5.41, 5.74) is 1.53. The molecule has 0 aromatic rings. The number of carbonyl (C=O) groups excluding carboxylic acids is 2. The van der Waals surface area contributed by atoms with E-state index in [9.17, 15) is 9.59 Å². The largest absolute Gasteiger partial charge is 0.463 e. The van der Waals surface area contributed by atoms with Crippen molar-refractivity contribution in [2.24, 2.45) is 0 Å². The minimum atomic E-state index is -0.319. The Morgan fingerprint density at radius 1 is 1.20 bits per heavy atom. The number of carbonyl (C=O) groups is 2. The number of nitrogens with zero attached hydrogens (tertiary/aromatic N) is 1. The zero-order chi connectivity index (χ0) is 14.7. The van der Waals surface area contributed by atoms with E-state index >= 15 is 0 Å². The first kappa shape index (κ1) is 15.0. The molecule has 0 amide bonds. The van der Waals surface area contributed by atoms with Crippen molar-refractivity contribution in [1.82, 2.24) is 4.90 Å². The minimum Gasteiger partial charge on any atom is -0.463 e. The van der Waals surface area contributed by atoms with E-state index in [0.717, 1.165) is 23.7 Å². The van der Waals surface area contributed by atoms with Crippen LogP contribution < -0.4 is 0 Å². The van der Waals surface area contributed by atoms with Gasteiger partial charge in [0.1, 0.15) is 4.91 Å². The van der Waals surface area contributed by atoms with E-state index in [1.807, 2.05) is 11.8 Å². The molecule has 2 aliphatic rings. The molecule has 0 aromatic carbocycles. The number of rotatable bonds is 4. The van der Waals surface area contributed by atoms with Gasteiger partial charge < -0.3 is 14.4 Å². The average Bonchev–Trinajstić information content (AvgIpc) is 2.77. The van der Waals surface area contributed by atoms with Gasteiger partial charge in [0.25, 0.3) is 0 Å². The molecule has 0 fully saturated rings. The Kier molecular flexibility index (Phi) is 4.75. The van der Waals surface area contributed by atoms with E-state index < -0.39 is 0 Å². The highest BCUT2D eigenvalue weighted by molar-refractivity contribution is 8.07. The Hall–Kier alpha value is -1.43. The Balaban J connectivity index is 2.28. The van der Waals surface area contributed by atoms with Crippen LogP contribution in [-0.2, 0) is 19.1 Å². The van der Waals surface area contributed by atoms with Crippen molar-refractivity contribution in [2.45, 2.75) is 33.6 Å². The summed E-state index contributed by atoms with van der Waals surface area (Å²) in [5, 5.41) is 0.829. The molecule has 0 radical (unpaired) electrons. The Labute approximate surface area is 123 Å². The van der Waals surface area contributed by atoms with E-state index in [1.165, 1.54) is 11.8 Å². The van der Waals surface area contributed by atoms with Crippen LogP contribution in [0.5, 0.6) is 0 Å². The molecule has 0 atom stereocenters. The normalized spacial score (nSPS) is 18.2. The van der Waals surface area contributed by atoms with Crippen LogP contribution in [0.2, 0.25) is 0 Å².